The summed E-state index contributed by atoms with van der Waals surface area (Å²) < 4.78 is 0. The van der Waals surface area contributed by atoms with Gasteiger partial charge in [-0.05, 0) is 36.6 Å². The molecule has 1 aliphatic rings. The van der Waals surface area contributed by atoms with Gasteiger partial charge >= 0.3 is 0 Å². The molecule has 22 heavy (non-hydrogen) atoms. The molecule has 0 radical (unpaired) electrons. The second-order valence-electron chi connectivity index (χ2n) is 5.66. The van der Waals surface area contributed by atoms with Gasteiger partial charge < -0.3 is 0 Å². The number of nitriles is 1. The van der Waals surface area contributed by atoms with E-state index in [2.05, 4.69) is 6.07 Å². The number of rotatable bonds is 2. The van der Waals surface area contributed by atoms with E-state index in [-0.39, 0.29) is 0 Å². The van der Waals surface area contributed by atoms with E-state index in [1.54, 1.807) is 0 Å². The number of aromatic nitrogens is 1. The smallest absolute Gasteiger partial charge is 0.102 e. The number of nitrogens with zero attached hydrogens (tertiary/aromatic N) is 2. The van der Waals surface area contributed by atoms with Gasteiger partial charge in [-0.3, -0.25) is 4.98 Å². The topological polar surface area (TPSA) is 36.7 Å². The Labute approximate surface area is 134 Å². The molecular formula is C19H13ClN2. The predicted octanol–water partition coefficient (Wildman–Crippen LogP) is 5.30. The van der Waals surface area contributed by atoms with E-state index in [4.69, 9.17) is 16.6 Å². The summed E-state index contributed by atoms with van der Waals surface area (Å²) in [6, 6.07) is 18.1. The molecular weight excluding hydrogens is 292 g/mol. The van der Waals surface area contributed by atoms with Crippen LogP contribution in [0.5, 0.6) is 0 Å². The largest absolute Gasteiger partial charge is 0.251 e. The zero-order valence-electron chi connectivity index (χ0n) is 11.9. The maximum Gasteiger partial charge on any atom is 0.102 e. The summed E-state index contributed by atoms with van der Waals surface area (Å²) in [6.07, 6.45) is 2.24. The van der Waals surface area contributed by atoms with Crippen molar-refractivity contribution in [3.63, 3.8) is 0 Å². The van der Waals surface area contributed by atoms with Crippen LogP contribution in [0.2, 0.25) is 5.02 Å². The molecule has 0 spiro atoms. The Morgan fingerprint density at radius 1 is 1.09 bits per heavy atom. The average Bonchev–Trinajstić information content (AvgIpc) is 3.37. The van der Waals surface area contributed by atoms with Crippen LogP contribution in [0, 0.1) is 11.3 Å². The first-order chi connectivity index (χ1) is 10.8. The third-order valence-electron chi connectivity index (χ3n) is 4.11. The first-order valence-corrected chi connectivity index (χ1v) is 7.74. The van der Waals surface area contributed by atoms with Gasteiger partial charge in [-0.1, -0.05) is 41.9 Å². The summed E-state index contributed by atoms with van der Waals surface area (Å²) in [5.74, 6) is 0.428. The fourth-order valence-electron chi connectivity index (χ4n) is 2.94. The molecule has 2 aromatic carbocycles. The van der Waals surface area contributed by atoms with Crippen molar-refractivity contribution in [1.82, 2.24) is 4.98 Å². The van der Waals surface area contributed by atoms with Crippen molar-refractivity contribution in [3.8, 4) is 17.2 Å². The fourth-order valence-corrected chi connectivity index (χ4v) is 3.13. The lowest BCUT2D eigenvalue weighted by Gasteiger charge is -2.13. The SMILES string of the molecule is N#Cc1c(C2CC2)nc2ccccc2c1-c1cccc(Cl)c1. The highest BCUT2D eigenvalue weighted by molar-refractivity contribution is 6.31. The van der Waals surface area contributed by atoms with Gasteiger partial charge in [-0.15, -0.1) is 0 Å². The first-order valence-electron chi connectivity index (χ1n) is 7.36. The van der Waals surface area contributed by atoms with Crippen LogP contribution >= 0.6 is 11.6 Å². The molecule has 1 fully saturated rings. The Bertz CT molecular complexity index is 920. The predicted molar refractivity (Wildman–Crippen MR) is 88.9 cm³/mol. The van der Waals surface area contributed by atoms with Crippen molar-refractivity contribution >= 4 is 22.5 Å². The highest BCUT2D eigenvalue weighted by Crippen LogP contribution is 2.44. The van der Waals surface area contributed by atoms with Crippen LogP contribution in [0.1, 0.15) is 30.0 Å². The average molecular weight is 305 g/mol. The van der Waals surface area contributed by atoms with Gasteiger partial charge in [0.15, 0.2) is 0 Å². The van der Waals surface area contributed by atoms with Gasteiger partial charge in [-0.2, -0.15) is 5.26 Å². The van der Waals surface area contributed by atoms with Gasteiger partial charge in [0.2, 0.25) is 0 Å². The maximum absolute atomic E-state index is 9.74. The van der Waals surface area contributed by atoms with Crippen molar-refractivity contribution < 1.29 is 0 Å². The highest BCUT2D eigenvalue weighted by Gasteiger charge is 2.30. The highest BCUT2D eigenvalue weighted by atomic mass is 35.5. The molecule has 0 bridgehead atoms. The van der Waals surface area contributed by atoms with Gasteiger partial charge in [0.05, 0.1) is 16.8 Å². The molecule has 3 aromatic rings. The van der Waals surface area contributed by atoms with Crippen LogP contribution in [0.4, 0.5) is 0 Å². The summed E-state index contributed by atoms with van der Waals surface area (Å²) in [7, 11) is 0. The molecule has 0 unspecified atom stereocenters. The maximum atomic E-state index is 9.74. The van der Waals surface area contributed by atoms with Crippen LogP contribution in [-0.4, -0.2) is 4.98 Å². The lowest BCUT2D eigenvalue weighted by Crippen LogP contribution is -1.98. The molecule has 0 saturated heterocycles. The molecule has 1 aromatic heterocycles. The van der Waals surface area contributed by atoms with E-state index < -0.39 is 0 Å². The number of hydrogen-bond acceptors (Lipinski definition) is 2. The standard InChI is InChI=1S/C19H13ClN2/c20-14-5-3-4-13(10-14)18-15-6-1-2-7-17(15)22-19(12-8-9-12)16(18)11-21/h1-7,10,12H,8-9H2. The Kier molecular flexibility index (Phi) is 3.10. The van der Waals surface area contributed by atoms with Gasteiger partial charge in [0.1, 0.15) is 6.07 Å². The number of halogens is 1. The molecule has 2 nitrogen and oxygen atoms in total. The molecule has 0 atom stereocenters. The number of hydrogen-bond donors (Lipinski definition) is 0. The molecule has 0 N–H and O–H groups in total. The Morgan fingerprint density at radius 2 is 1.91 bits per heavy atom. The van der Waals surface area contributed by atoms with Crippen molar-refractivity contribution in [2.75, 3.05) is 0 Å². The van der Waals surface area contributed by atoms with E-state index in [0.29, 0.717) is 16.5 Å². The minimum atomic E-state index is 0.428. The van der Waals surface area contributed by atoms with E-state index in [9.17, 15) is 5.26 Å². The summed E-state index contributed by atoms with van der Waals surface area (Å²) in [6.45, 7) is 0. The van der Waals surface area contributed by atoms with Crippen LogP contribution < -0.4 is 0 Å². The molecule has 1 saturated carbocycles. The van der Waals surface area contributed by atoms with Crippen LogP contribution in [0.3, 0.4) is 0 Å². The Balaban J connectivity index is 2.12. The number of fused-ring (bicyclic) bond motifs is 1. The molecule has 3 heteroatoms. The number of pyridine rings is 1. The van der Waals surface area contributed by atoms with Crippen molar-refractivity contribution in [2.24, 2.45) is 0 Å². The number of para-hydroxylation sites is 1. The van der Waals surface area contributed by atoms with Crippen molar-refractivity contribution in [2.45, 2.75) is 18.8 Å². The zero-order valence-corrected chi connectivity index (χ0v) is 12.6. The third-order valence-corrected chi connectivity index (χ3v) is 4.34. The lowest BCUT2D eigenvalue weighted by atomic mass is 9.93. The monoisotopic (exact) mass is 304 g/mol. The van der Waals surface area contributed by atoms with Crippen LogP contribution in [-0.2, 0) is 0 Å². The number of benzene rings is 2. The normalized spacial score (nSPS) is 14.0. The van der Waals surface area contributed by atoms with Crippen LogP contribution in [0.25, 0.3) is 22.0 Å². The first kappa shape index (κ1) is 13.3. The summed E-state index contributed by atoms with van der Waals surface area (Å²) in [5.41, 5.74) is 4.51. The molecule has 0 aliphatic heterocycles. The van der Waals surface area contributed by atoms with Gasteiger partial charge in [0.25, 0.3) is 0 Å². The quantitative estimate of drug-likeness (QED) is 0.643. The minimum Gasteiger partial charge on any atom is -0.251 e. The molecule has 1 heterocycles. The van der Waals surface area contributed by atoms with Gasteiger partial charge in [-0.25, -0.2) is 0 Å². The fraction of sp³-hybridized carbons (Fsp3) is 0.158. The van der Waals surface area contributed by atoms with E-state index in [1.807, 2.05) is 48.5 Å². The summed E-state index contributed by atoms with van der Waals surface area (Å²) in [5, 5.41) is 11.4. The third kappa shape index (κ3) is 2.15. The minimum absolute atomic E-state index is 0.428. The Morgan fingerprint density at radius 3 is 2.64 bits per heavy atom. The molecule has 4 rings (SSSR count). The molecule has 106 valence electrons. The van der Waals surface area contributed by atoms with Crippen LogP contribution in [0.15, 0.2) is 48.5 Å². The van der Waals surface area contributed by atoms with Crippen molar-refractivity contribution in [1.29, 1.82) is 5.26 Å². The van der Waals surface area contributed by atoms with E-state index in [1.165, 1.54) is 0 Å². The van der Waals surface area contributed by atoms with Gasteiger partial charge in [0, 0.05) is 21.9 Å². The summed E-state index contributed by atoms with van der Waals surface area (Å²) >= 11 is 6.16. The molecule has 0 amide bonds. The van der Waals surface area contributed by atoms with E-state index in [0.717, 1.165) is 40.6 Å². The second-order valence-corrected chi connectivity index (χ2v) is 6.10. The van der Waals surface area contributed by atoms with Crippen molar-refractivity contribution in [3.05, 3.63) is 64.8 Å². The van der Waals surface area contributed by atoms with E-state index >= 15 is 0 Å². The molecule has 1 aliphatic carbocycles. The lowest BCUT2D eigenvalue weighted by molar-refractivity contribution is 1.03. The zero-order chi connectivity index (χ0) is 15.1. The Hall–Kier alpha value is -2.37. The second kappa shape index (κ2) is 5.12. The summed E-state index contributed by atoms with van der Waals surface area (Å²) in [4.78, 5) is 4.76.